The molecule has 11 heteroatoms. The van der Waals surface area contributed by atoms with E-state index < -0.39 is 31.5 Å². The number of anilines is 1. The number of benzene rings is 3. The third kappa shape index (κ3) is 4.39. The highest BCUT2D eigenvalue weighted by Gasteiger charge is 2.34. The van der Waals surface area contributed by atoms with E-state index in [2.05, 4.69) is 0 Å². The number of carbonyl (C=O) groups excluding carboxylic acids is 1. The number of piperazine rings is 1. The third-order valence-electron chi connectivity index (χ3n) is 5.57. The van der Waals surface area contributed by atoms with Gasteiger partial charge in [0.05, 0.1) is 4.92 Å². The molecule has 0 N–H and O–H groups in total. The van der Waals surface area contributed by atoms with Gasteiger partial charge in [-0.2, -0.15) is 4.31 Å². The van der Waals surface area contributed by atoms with Gasteiger partial charge >= 0.3 is 0 Å². The SMILES string of the molecule is O=C(c1ccccc1)c1ccc(N2CCN(S(=O)(=O)c3c(F)cccc3F)CC2)c([N+](=O)[O-])c1. The Labute approximate surface area is 194 Å². The minimum Gasteiger partial charge on any atom is -0.363 e. The van der Waals surface area contributed by atoms with Crippen LogP contribution in [0.5, 0.6) is 0 Å². The highest BCUT2D eigenvalue weighted by molar-refractivity contribution is 7.89. The lowest BCUT2D eigenvalue weighted by Gasteiger charge is -2.35. The highest BCUT2D eigenvalue weighted by Crippen LogP contribution is 2.32. The fraction of sp³-hybridized carbons (Fsp3) is 0.174. The van der Waals surface area contributed by atoms with Crippen LogP contribution in [0, 0.1) is 21.7 Å². The first-order valence-corrected chi connectivity index (χ1v) is 11.7. The standard InChI is InChI=1S/C23H19F2N3O5S/c24-18-7-4-8-19(25)23(18)34(32,33)27-13-11-26(12-14-27)20-10-9-17(15-21(20)28(30)31)22(29)16-5-2-1-3-6-16/h1-10,15H,11-14H2. The predicted molar refractivity (Wildman–Crippen MR) is 120 cm³/mol. The van der Waals surface area contributed by atoms with Crippen LogP contribution in [0.3, 0.4) is 0 Å². The van der Waals surface area contributed by atoms with Crippen molar-refractivity contribution in [3.05, 3.63) is 99.6 Å². The second-order valence-electron chi connectivity index (χ2n) is 7.60. The molecule has 8 nitrogen and oxygen atoms in total. The van der Waals surface area contributed by atoms with Crippen molar-refractivity contribution in [2.24, 2.45) is 0 Å². The molecule has 0 aromatic heterocycles. The molecule has 0 radical (unpaired) electrons. The second kappa shape index (κ2) is 9.27. The van der Waals surface area contributed by atoms with E-state index in [0.717, 1.165) is 22.5 Å². The van der Waals surface area contributed by atoms with Gasteiger partial charge in [-0.25, -0.2) is 17.2 Å². The highest BCUT2D eigenvalue weighted by atomic mass is 32.2. The average molecular weight is 487 g/mol. The molecule has 1 saturated heterocycles. The van der Waals surface area contributed by atoms with E-state index in [4.69, 9.17) is 0 Å². The lowest BCUT2D eigenvalue weighted by Crippen LogP contribution is -2.49. The summed E-state index contributed by atoms with van der Waals surface area (Å²) in [5.74, 6) is -2.73. The van der Waals surface area contributed by atoms with Crippen molar-refractivity contribution in [3.8, 4) is 0 Å². The molecule has 4 rings (SSSR count). The van der Waals surface area contributed by atoms with Crippen LogP contribution in [-0.2, 0) is 10.0 Å². The summed E-state index contributed by atoms with van der Waals surface area (Å²) in [6.07, 6.45) is 0. The smallest absolute Gasteiger partial charge is 0.293 e. The van der Waals surface area contributed by atoms with Gasteiger partial charge in [-0.3, -0.25) is 14.9 Å². The van der Waals surface area contributed by atoms with E-state index in [1.165, 1.54) is 18.2 Å². The van der Waals surface area contributed by atoms with Crippen molar-refractivity contribution in [2.75, 3.05) is 31.1 Å². The van der Waals surface area contributed by atoms with E-state index >= 15 is 0 Å². The van der Waals surface area contributed by atoms with Crippen molar-refractivity contribution in [2.45, 2.75) is 4.90 Å². The summed E-state index contributed by atoms with van der Waals surface area (Å²) in [5.41, 5.74) is 0.476. The predicted octanol–water partition coefficient (Wildman–Crippen LogP) is 3.61. The molecule has 0 saturated carbocycles. The first kappa shape index (κ1) is 23.5. The first-order valence-electron chi connectivity index (χ1n) is 10.3. The zero-order chi connectivity index (χ0) is 24.5. The monoisotopic (exact) mass is 487 g/mol. The van der Waals surface area contributed by atoms with Crippen LogP contribution in [-0.4, -0.2) is 49.6 Å². The van der Waals surface area contributed by atoms with E-state index in [1.54, 1.807) is 35.2 Å². The molecule has 0 atom stereocenters. The number of rotatable bonds is 6. The summed E-state index contributed by atoms with van der Waals surface area (Å²) in [5, 5.41) is 11.7. The number of nitrogens with zero attached hydrogens (tertiary/aromatic N) is 3. The summed E-state index contributed by atoms with van der Waals surface area (Å²) < 4.78 is 54.6. The van der Waals surface area contributed by atoms with E-state index in [-0.39, 0.29) is 48.9 Å². The zero-order valence-corrected chi connectivity index (χ0v) is 18.5. The molecule has 0 bridgehead atoms. The van der Waals surface area contributed by atoms with Crippen LogP contribution >= 0.6 is 0 Å². The van der Waals surface area contributed by atoms with Crippen molar-refractivity contribution in [1.29, 1.82) is 0 Å². The quantitative estimate of drug-likeness (QED) is 0.299. The number of halogens is 2. The maximum Gasteiger partial charge on any atom is 0.293 e. The molecule has 3 aromatic carbocycles. The summed E-state index contributed by atoms with van der Waals surface area (Å²) >= 11 is 0. The molecule has 1 heterocycles. The van der Waals surface area contributed by atoms with Crippen LogP contribution in [0.4, 0.5) is 20.2 Å². The van der Waals surface area contributed by atoms with Crippen LogP contribution in [0.15, 0.2) is 71.6 Å². The molecule has 1 fully saturated rings. The van der Waals surface area contributed by atoms with Gasteiger partial charge in [-0.1, -0.05) is 36.4 Å². The molecule has 0 spiro atoms. The van der Waals surface area contributed by atoms with E-state index in [1.807, 2.05) is 0 Å². The second-order valence-corrected chi connectivity index (χ2v) is 9.47. The van der Waals surface area contributed by atoms with Crippen molar-refractivity contribution >= 4 is 27.2 Å². The fourth-order valence-corrected chi connectivity index (χ4v) is 5.39. The minimum absolute atomic E-state index is 0.0577. The fourth-order valence-electron chi connectivity index (χ4n) is 3.86. The Morgan fingerprint density at radius 3 is 2.06 bits per heavy atom. The Balaban J connectivity index is 1.56. The summed E-state index contributed by atoms with van der Waals surface area (Å²) in [4.78, 5) is 24.4. The molecular formula is C23H19F2N3O5S. The molecule has 176 valence electrons. The van der Waals surface area contributed by atoms with Crippen molar-refractivity contribution in [3.63, 3.8) is 0 Å². The lowest BCUT2D eigenvalue weighted by molar-refractivity contribution is -0.384. The maximum atomic E-state index is 14.1. The van der Waals surface area contributed by atoms with E-state index in [9.17, 15) is 32.1 Å². The van der Waals surface area contributed by atoms with Crippen LogP contribution in [0.1, 0.15) is 15.9 Å². The van der Waals surface area contributed by atoms with Gasteiger partial charge < -0.3 is 4.90 Å². The largest absolute Gasteiger partial charge is 0.363 e. The number of ketones is 1. The number of hydrogen-bond donors (Lipinski definition) is 0. The van der Waals surface area contributed by atoms with Crippen LogP contribution in [0.2, 0.25) is 0 Å². The number of carbonyl (C=O) groups is 1. The Morgan fingerprint density at radius 1 is 0.853 bits per heavy atom. The van der Waals surface area contributed by atoms with Crippen molar-refractivity contribution < 1.29 is 26.9 Å². The van der Waals surface area contributed by atoms with E-state index in [0.29, 0.717) is 5.56 Å². The zero-order valence-electron chi connectivity index (χ0n) is 17.7. The molecule has 0 aliphatic carbocycles. The number of sulfonamides is 1. The molecule has 1 aliphatic rings. The first-order chi connectivity index (χ1) is 16.2. The maximum absolute atomic E-state index is 14.1. The van der Waals surface area contributed by atoms with Gasteiger partial charge in [0, 0.05) is 43.4 Å². The molecule has 0 amide bonds. The van der Waals surface area contributed by atoms with Gasteiger partial charge in [0.1, 0.15) is 17.3 Å². The van der Waals surface area contributed by atoms with Gasteiger partial charge in [0.2, 0.25) is 10.0 Å². The summed E-state index contributed by atoms with van der Waals surface area (Å²) in [6.45, 7) is -0.139. The average Bonchev–Trinajstić information content (AvgIpc) is 2.83. The van der Waals surface area contributed by atoms with Crippen LogP contribution in [0.25, 0.3) is 0 Å². The minimum atomic E-state index is -4.43. The van der Waals surface area contributed by atoms with Gasteiger partial charge in [-0.05, 0) is 24.3 Å². The third-order valence-corrected chi connectivity index (χ3v) is 7.52. The van der Waals surface area contributed by atoms with Crippen molar-refractivity contribution in [1.82, 2.24) is 4.31 Å². The van der Waals surface area contributed by atoms with Crippen LogP contribution < -0.4 is 4.90 Å². The number of nitro benzene ring substituents is 1. The molecular weight excluding hydrogens is 468 g/mol. The number of nitro groups is 1. The molecule has 3 aromatic rings. The molecule has 1 aliphatic heterocycles. The Morgan fingerprint density at radius 2 is 1.47 bits per heavy atom. The Bertz CT molecular complexity index is 1340. The Kier molecular flexibility index (Phi) is 6.40. The Hall–Kier alpha value is -3.70. The molecule has 0 unspecified atom stereocenters. The van der Waals surface area contributed by atoms with Gasteiger partial charge in [0.15, 0.2) is 10.7 Å². The van der Waals surface area contributed by atoms with Gasteiger partial charge in [-0.15, -0.1) is 0 Å². The summed E-state index contributed by atoms with van der Waals surface area (Å²) in [7, 11) is -4.43. The van der Waals surface area contributed by atoms with Gasteiger partial charge in [0.25, 0.3) is 5.69 Å². The lowest BCUT2D eigenvalue weighted by atomic mass is 10.0. The topological polar surface area (TPSA) is 101 Å². The molecule has 34 heavy (non-hydrogen) atoms. The summed E-state index contributed by atoms with van der Waals surface area (Å²) in [6, 6.07) is 15.3. The number of hydrogen-bond acceptors (Lipinski definition) is 6. The normalized spacial score (nSPS) is 14.7.